The number of fused-ring (bicyclic) bond motifs is 9. The molecule has 0 aliphatic heterocycles. The molecule has 0 saturated carbocycles. The van der Waals surface area contributed by atoms with Crippen LogP contribution in [0.2, 0.25) is 0 Å². The number of para-hydroxylation sites is 1. The summed E-state index contributed by atoms with van der Waals surface area (Å²) in [5, 5.41) is 4.51. The molecule has 5 heteroatoms. The second-order valence-electron chi connectivity index (χ2n) is 16.0. The molecular formula is C54H36N4O. The molecule has 0 spiro atoms. The van der Waals surface area contributed by atoms with Crippen LogP contribution in [0.4, 0.5) is 0 Å². The first-order chi connectivity index (χ1) is 29.0. The van der Waals surface area contributed by atoms with E-state index in [0.717, 1.165) is 66.5 Å². The van der Waals surface area contributed by atoms with Gasteiger partial charge in [-0.1, -0.05) is 153 Å². The second-order valence-corrected chi connectivity index (χ2v) is 16.0. The first-order valence-electron chi connectivity index (χ1n) is 20.1. The van der Waals surface area contributed by atoms with Crippen LogP contribution in [0.15, 0.2) is 186 Å². The predicted octanol–water partition coefficient (Wildman–Crippen LogP) is 13.8. The number of furan rings is 1. The van der Waals surface area contributed by atoms with Crippen molar-refractivity contribution in [2.45, 2.75) is 19.3 Å². The smallest absolute Gasteiger partial charge is 0.164 e. The zero-order chi connectivity index (χ0) is 39.2. The summed E-state index contributed by atoms with van der Waals surface area (Å²) in [6.45, 7) is 4.69. The lowest BCUT2D eigenvalue weighted by molar-refractivity contribution is 0.660. The second kappa shape index (κ2) is 12.7. The molecule has 5 nitrogen and oxygen atoms in total. The highest BCUT2D eigenvalue weighted by Gasteiger charge is 2.36. The van der Waals surface area contributed by atoms with E-state index < -0.39 is 0 Å². The molecule has 12 rings (SSSR count). The topological polar surface area (TPSA) is 56.7 Å². The van der Waals surface area contributed by atoms with E-state index in [1.54, 1.807) is 0 Å². The zero-order valence-corrected chi connectivity index (χ0v) is 32.5. The minimum absolute atomic E-state index is 0.145. The van der Waals surface area contributed by atoms with Crippen molar-refractivity contribution in [2.75, 3.05) is 0 Å². The van der Waals surface area contributed by atoms with E-state index in [1.807, 2.05) is 60.7 Å². The van der Waals surface area contributed by atoms with Gasteiger partial charge in [0.25, 0.3) is 0 Å². The summed E-state index contributed by atoms with van der Waals surface area (Å²) < 4.78 is 9.50. The van der Waals surface area contributed by atoms with E-state index in [9.17, 15) is 0 Å². The number of rotatable bonds is 5. The minimum atomic E-state index is -0.145. The van der Waals surface area contributed by atoms with Crippen molar-refractivity contribution in [1.82, 2.24) is 19.5 Å². The molecule has 0 N–H and O–H groups in total. The van der Waals surface area contributed by atoms with Gasteiger partial charge in [-0.25, -0.2) is 15.0 Å². The fourth-order valence-corrected chi connectivity index (χ4v) is 9.32. The molecule has 59 heavy (non-hydrogen) atoms. The molecule has 0 radical (unpaired) electrons. The Bertz CT molecular complexity index is 3400. The van der Waals surface area contributed by atoms with Crippen LogP contribution in [0.1, 0.15) is 25.0 Å². The van der Waals surface area contributed by atoms with Crippen LogP contribution in [0.25, 0.3) is 106 Å². The number of benzene rings is 8. The summed E-state index contributed by atoms with van der Waals surface area (Å²) in [7, 11) is 0. The highest BCUT2D eigenvalue weighted by Crippen LogP contribution is 2.51. The van der Waals surface area contributed by atoms with E-state index in [0.29, 0.717) is 17.5 Å². The third-order valence-corrected chi connectivity index (χ3v) is 12.2. The van der Waals surface area contributed by atoms with Crippen molar-refractivity contribution in [3.8, 4) is 62.1 Å². The van der Waals surface area contributed by atoms with Crippen LogP contribution in [0, 0.1) is 0 Å². The van der Waals surface area contributed by atoms with E-state index in [1.165, 1.54) is 33.0 Å². The van der Waals surface area contributed by atoms with Crippen molar-refractivity contribution in [3.05, 3.63) is 193 Å². The van der Waals surface area contributed by atoms with Crippen LogP contribution < -0.4 is 0 Å². The largest absolute Gasteiger partial charge is 0.454 e. The molecular weight excluding hydrogens is 721 g/mol. The van der Waals surface area contributed by atoms with Crippen LogP contribution in [0.3, 0.4) is 0 Å². The molecule has 0 amide bonds. The highest BCUT2D eigenvalue weighted by atomic mass is 16.3. The summed E-state index contributed by atoms with van der Waals surface area (Å²) in [5.41, 5.74) is 15.1. The molecule has 278 valence electrons. The lowest BCUT2D eigenvalue weighted by Gasteiger charge is -2.21. The van der Waals surface area contributed by atoms with Crippen molar-refractivity contribution >= 4 is 43.7 Å². The maximum absolute atomic E-state index is 7.08. The zero-order valence-electron chi connectivity index (χ0n) is 32.5. The summed E-state index contributed by atoms with van der Waals surface area (Å²) in [5.74, 6) is 1.83. The van der Waals surface area contributed by atoms with Gasteiger partial charge in [0.1, 0.15) is 5.58 Å². The lowest BCUT2D eigenvalue weighted by atomic mass is 9.82. The molecule has 1 aliphatic rings. The first-order valence-corrected chi connectivity index (χ1v) is 20.1. The van der Waals surface area contributed by atoms with Gasteiger partial charge in [-0.2, -0.15) is 0 Å². The molecule has 0 atom stereocenters. The summed E-state index contributed by atoms with van der Waals surface area (Å²) in [6, 6.07) is 64.2. The molecule has 11 aromatic rings. The standard InChI is InChI=1S/C54H36N4O/c1-54(2)44-24-14-12-22-38(44)41-31-42-39-23-13-15-25-46(39)58(47(42)32-45(41)54)48-29-37(33-16-6-3-7-17-33)28-43-40-27-26-36(30-49(40)59-50(43)48)53-56-51(34-18-8-4-9-19-34)55-52(57-53)35-20-10-5-11-21-35/h3-32H,1-2H3. The highest BCUT2D eigenvalue weighted by molar-refractivity contribution is 6.15. The normalized spacial score (nSPS) is 13.1. The Morgan fingerprint density at radius 2 is 1.02 bits per heavy atom. The fraction of sp³-hybridized carbons (Fsp3) is 0.0556. The third kappa shape index (κ3) is 5.14. The fourth-order valence-electron chi connectivity index (χ4n) is 9.32. The Kier molecular flexibility index (Phi) is 7.20. The first kappa shape index (κ1) is 33.5. The third-order valence-electron chi connectivity index (χ3n) is 12.2. The average molecular weight is 757 g/mol. The van der Waals surface area contributed by atoms with Crippen molar-refractivity contribution in [2.24, 2.45) is 0 Å². The Hall–Kier alpha value is -7.63. The molecule has 0 bridgehead atoms. The van der Waals surface area contributed by atoms with E-state index in [-0.39, 0.29) is 5.41 Å². The average Bonchev–Trinajstić information content (AvgIpc) is 3.91. The van der Waals surface area contributed by atoms with Gasteiger partial charge < -0.3 is 8.98 Å². The molecule has 3 heterocycles. The molecule has 1 aliphatic carbocycles. The Morgan fingerprint density at radius 1 is 0.407 bits per heavy atom. The SMILES string of the molecule is CC1(C)c2ccccc2-c2cc3c4ccccc4n(-c4cc(-c5ccccc5)cc5c4oc4cc(-c6nc(-c7ccccc7)nc(-c7ccccc7)n6)ccc45)c3cc21. The molecule has 3 aromatic heterocycles. The molecule has 0 saturated heterocycles. The molecule has 0 fully saturated rings. The Morgan fingerprint density at radius 3 is 1.73 bits per heavy atom. The molecule has 0 unspecified atom stereocenters. The summed E-state index contributed by atoms with van der Waals surface area (Å²) >= 11 is 0. The van der Waals surface area contributed by atoms with Crippen molar-refractivity contribution < 1.29 is 4.42 Å². The van der Waals surface area contributed by atoms with E-state index in [4.69, 9.17) is 19.4 Å². The maximum atomic E-state index is 7.08. The van der Waals surface area contributed by atoms with Crippen molar-refractivity contribution in [3.63, 3.8) is 0 Å². The van der Waals surface area contributed by atoms with Gasteiger partial charge in [0.2, 0.25) is 0 Å². The number of aromatic nitrogens is 4. The summed E-state index contributed by atoms with van der Waals surface area (Å²) in [6.07, 6.45) is 0. The molecule has 8 aromatic carbocycles. The maximum Gasteiger partial charge on any atom is 0.164 e. The monoisotopic (exact) mass is 756 g/mol. The van der Waals surface area contributed by atoms with Gasteiger partial charge in [-0.3, -0.25) is 0 Å². The lowest BCUT2D eigenvalue weighted by Crippen LogP contribution is -2.15. The minimum Gasteiger partial charge on any atom is -0.454 e. The van der Waals surface area contributed by atoms with Crippen LogP contribution in [-0.2, 0) is 5.41 Å². The van der Waals surface area contributed by atoms with Gasteiger partial charge >= 0.3 is 0 Å². The Balaban J connectivity index is 1.12. The summed E-state index contributed by atoms with van der Waals surface area (Å²) in [4.78, 5) is 15.0. The van der Waals surface area contributed by atoms with Gasteiger partial charge in [-0.15, -0.1) is 0 Å². The quantitative estimate of drug-likeness (QED) is 0.175. The van der Waals surface area contributed by atoms with Gasteiger partial charge in [0, 0.05) is 43.7 Å². The van der Waals surface area contributed by atoms with Crippen molar-refractivity contribution in [1.29, 1.82) is 0 Å². The van der Waals surface area contributed by atoms with E-state index >= 15 is 0 Å². The number of hydrogen-bond acceptors (Lipinski definition) is 4. The van der Waals surface area contributed by atoms with Gasteiger partial charge in [-0.05, 0) is 75.8 Å². The van der Waals surface area contributed by atoms with Crippen LogP contribution >= 0.6 is 0 Å². The predicted molar refractivity (Wildman–Crippen MR) is 241 cm³/mol. The number of hydrogen-bond donors (Lipinski definition) is 0. The van der Waals surface area contributed by atoms with Crippen LogP contribution in [0.5, 0.6) is 0 Å². The van der Waals surface area contributed by atoms with Gasteiger partial charge in [0.05, 0.1) is 16.7 Å². The van der Waals surface area contributed by atoms with Gasteiger partial charge in [0.15, 0.2) is 23.1 Å². The Labute approximate surface area is 340 Å². The van der Waals surface area contributed by atoms with E-state index in [2.05, 4.69) is 140 Å². The number of nitrogens with zero attached hydrogens (tertiary/aromatic N) is 4. The van der Waals surface area contributed by atoms with Crippen LogP contribution in [-0.4, -0.2) is 19.5 Å².